The third-order valence-electron chi connectivity index (χ3n) is 3.69. The van der Waals surface area contributed by atoms with Gasteiger partial charge in [0.25, 0.3) is 0 Å². The molecule has 1 unspecified atom stereocenters. The van der Waals surface area contributed by atoms with Gasteiger partial charge < -0.3 is 19.9 Å². The molecule has 0 spiro atoms. The predicted molar refractivity (Wildman–Crippen MR) is 86.5 cm³/mol. The second kappa shape index (κ2) is 8.49. The van der Waals surface area contributed by atoms with E-state index in [1.807, 2.05) is 4.90 Å². The molecule has 1 saturated heterocycles. The van der Waals surface area contributed by atoms with Gasteiger partial charge in [0, 0.05) is 26.2 Å². The highest BCUT2D eigenvalue weighted by atomic mass is 16.6. The number of nitrogens with zero attached hydrogens (tertiary/aromatic N) is 1. The summed E-state index contributed by atoms with van der Waals surface area (Å²) in [7, 11) is 0. The summed E-state index contributed by atoms with van der Waals surface area (Å²) in [4.78, 5) is 25.6. The summed E-state index contributed by atoms with van der Waals surface area (Å²) in [5.74, 6) is -1.03. The van der Waals surface area contributed by atoms with Crippen LogP contribution in [0.1, 0.15) is 47.0 Å². The van der Waals surface area contributed by atoms with Gasteiger partial charge in [0.1, 0.15) is 5.60 Å². The maximum absolute atomic E-state index is 11.9. The molecule has 1 atom stereocenters. The SMILES string of the molecule is CCCCOCCN1CCC(NC(=O)OC(C)(C)C)(C(=O)O)C1. The first-order chi connectivity index (χ1) is 10.7. The lowest BCUT2D eigenvalue weighted by Crippen LogP contribution is -2.57. The Bertz CT molecular complexity index is 408. The van der Waals surface area contributed by atoms with Crippen LogP contribution in [0.15, 0.2) is 0 Å². The second-order valence-electron chi connectivity index (χ2n) is 7.01. The van der Waals surface area contributed by atoms with E-state index < -0.39 is 23.2 Å². The van der Waals surface area contributed by atoms with E-state index in [0.29, 0.717) is 26.1 Å². The summed E-state index contributed by atoms with van der Waals surface area (Å²) in [5.41, 5.74) is -1.94. The molecule has 1 amide bonds. The summed E-state index contributed by atoms with van der Waals surface area (Å²) in [6.07, 6.45) is 1.78. The van der Waals surface area contributed by atoms with Crippen LogP contribution in [0.2, 0.25) is 0 Å². The summed E-state index contributed by atoms with van der Waals surface area (Å²) >= 11 is 0. The van der Waals surface area contributed by atoms with Crippen LogP contribution in [0.4, 0.5) is 4.79 Å². The lowest BCUT2D eigenvalue weighted by molar-refractivity contribution is -0.144. The molecule has 0 aromatic heterocycles. The topological polar surface area (TPSA) is 88.1 Å². The van der Waals surface area contributed by atoms with Crippen LogP contribution < -0.4 is 5.32 Å². The fourth-order valence-electron chi connectivity index (χ4n) is 2.45. The minimum Gasteiger partial charge on any atom is -0.479 e. The molecular weight excluding hydrogens is 300 g/mol. The van der Waals surface area contributed by atoms with E-state index >= 15 is 0 Å². The molecule has 0 aromatic rings. The first-order valence-electron chi connectivity index (χ1n) is 8.23. The number of carboxylic acids is 1. The van der Waals surface area contributed by atoms with Gasteiger partial charge in [-0.3, -0.25) is 4.90 Å². The standard InChI is InChI=1S/C16H30N2O5/c1-5-6-10-22-11-9-18-8-7-16(12-18,13(19)20)17-14(21)23-15(2,3)4/h5-12H2,1-4H3,(H,17,21)(H,19,20). The molecule has 7 nitrogen and oxygen atoms in total. The Morgan fingerprint density at radius 3 is 2.57 bits per heavy atom. The van der Waals surface area contributed by atoms with E-state index in [0.717, 1.165) is 19.4 Å². The minimum atomic E-state index is -1.29. The van der Waals surface area contributed by atoms with Crippen LogP contribution in [0.25, 0.3) is 0 Å². The Kier molecular flexibility index (Phi) is 7.28. The van der Waals surface area contributed by atoms with Gasteiger partial charge in [0.05, 0.1) is 6.61 Å². The largest absolute Gasteiger partial charge is 0.479 e. The van der Waals surface area contributed by atoms with Crippen molar-refractivity contribution in [3.8, 4) is 0 Å². The number of amides is 1. The van der Waals surface area contributed by atoms with Gasteiger partial charge in [0.2, 0.25) is 0 Å². The van der Waals surface area contributed by atoms with Crippen LogP contribution in [-0.2, 0) is 14.3 Å². The highest BCUT2D eigenvalue weighted by Gasteiger charge is 2.46. The monoisotopic (exact) mass is 330 g/mol. The van der Waals surface area contributed by atoms with Crippen molar-refractivity contribution in [2.45, 2.75) is 58.1 Å². The highest BCUT2D eigenvalue weighted by molar-refractivity contribution is 5.85. The summed E-state index contributed by atoms with van der Waals surface area (Å²) in [6.45, 7) is 10.2. The van der Waals surface area contributed by atoms with Crippen molar-refractivity contribution in [3.05, 3.63) is 0 Å². The zero-order valence-electron chi connectivity index (χ0n) is 14.7. The number of carboxylic acid groups (broad SMARTS) is 1. The maximum atomic E-state index is 11.9. The highest BCUT2D eigenvalue weighted by Crippen LogP contribution is 2.22. The van der Waals surface area contributed by atoms with Crippen molar-refractivity contribution in [1.82, 2.24) is 10.2 Å². The Morgan fingerprint density at radius 2 is 2.00 bits per heavy atom. The van der Waals surface area contributed by atoms with E-state index in [9.17, 15) is 14.7 Å². The normalized spacial score (nSPS) is 22.1. The molecule has 1 fully saturated rings. The number of rotatable bonds is 8. The fourth-order valence-corrected chi connectivity index (χ4v) is 2.45. The lowest BCUT2D eigenvalue weighted by Gasteiger charge is -2.28. The van der Waals surface area contributed by atoms with Crippen LogP contribution >= 0.6 is 0 Å². The molecule has 0 radical (unpaired) electrons. The first-order valence-corrected chi connectivity index (χ1v) is 8.23. The molecule has 1 aliphatic rings. The van der Waals surface area contributed by atoms with E-state index in [-0.39, 0.29) is 6.54 Å². The molecular formula is C16H30N2O5. The van der Waals surface area contributed by atoms with Crippen LogP contribution in [-0.4, -0.2) is 66.1 Å². The quantitative estimate of drug-likeness (QED) is 0.661. The molecule has 1 heterocycles. The fraction of sp³-hybridized carbons (Fsp3) is 0.875. The Balaban J connectivity index is 2.50. The third-order valence-corrected chi connectivity index (χ3v) is 3.69. The van der Waals surface area contributed by atoms with Gasteiger partial charge in [-0.15, -0.1) is 0 Å². The molecule has 23 heavy (non-hydrogen) atoms. The number of ether oxygens (including phenoxy) is 2. The molecule has 0 aliphatic carbocycles. The lowest BCUT2D eigenvalue weighted by atomic mass is 9.99. The second-order valence-corrected chi connectivity index (χ2v) is 7.01. The molecule has 0 saturated carbocycles. The Hall–Kier alpha value is -1.34. The summed E-state index contributed by atoms with van der Waals surface area (Å²) in [5, 5.41) is 12.1. The van der Waals surface area contributed by atoms with E-state index in [4.69, 9.17) is 9.47 Å². The van der Waals surface area contributed by atoms with Crippen molar-refractivity contribution in [3.63, 3.8) is 0 Å². The number of likely N-dealkylation sites (tertiary alicyclic amines) is 1. The van der Waals surface area contributed by atoms with Crippen molar-refractivity contribution in [2.24, 2.45) is 0 Å². The smallest absolute Gasteiger partial charge is 0.408 e. The summed E-state index contributed by atoms with van der Waals surface area (Å²) < 4.78 is 10.7. The predicted octanol–water partition coefficient (Wildman–Crippen LogP) is 1.86. The van der Waals surface area contributed by atoms with Gasteiger partial charge in [0.15, 0.2) is 5.54 Å². The van der Waals surface area contributed by atoms with Crippen LogP contribution in [0.5, 0.6) is 0 Å². The van der Waals surface area contributed by atoms with Crippen LogP contribution in [0.3, 0.4) is 0 Å². The molecule has 2 N–H and O–H groups in total. The molecule has 7 heteroatoms. The van der Waals surface area contributed by atoms with Gasteiger partial charge in [-0.2, -0.15) is 0 Å². The average Bonchev–Trinajstić information content (AvgIpc) is 2.81. The number of carbonyl (C=O) groups is 2. The van der Waals surface area contributed by atoms with Crippen molar-refractivity contribution in [1.29, 1.82) is 0 Å². The van der Waals surface area contributed by atoms with E-state index in [1.165, 1.54) is 0 Å². The molecule has 1 rings (SSSR count). The van der Waals surface area contributed by atoms with Crippen molar-refractivity contribution in [2.75, 3.05) is 32.8 Å². The number of unbranched alkanes of at least 4 members (excludes halogenated alkanes) is 1. The number of alkyl carbamates (subject to hydrolysis) is 1. The zero-order chi connectivity index (χ0) is 17.5. The van der Waals surface area contributed by atoms with Gasteiger partial charge in [-0.05, 0) is 33.6 Å². The number of carbonyl (C=O) groups excluding carboxylic acids is 1. The molecule has 1 aliphatic heterocycles. The molecule has 0 bridgehead atoms. The maximum Gasteiger partial charge on any atom is 0.408 e. The van der Waals surface area contributed by atoms with E-state index in [2.05, 4.69) is 12.2 Å². The molecule has 134 valence electrons. The minimum absolute atomic E-state index is 0.263. The average molecular weight is 330 g/mol. The number of nitrogens with one attached hydrogen (secondary N) is 1. The van der Waals surface area contributed by atoms with Gasteiger partial charge in [-0.25, -0.2) is 9.59 Å². The summed E-state index contributed by atoms with van der Waals surface area (Å²) in [6, 6.07) is 0. The van der Waals surface area contributed by atoms with Crippen LogP contribution in [0, 0.1) is 0 Å². The van der Waals surface area contributed by atoms with Crippen molar-refractivity contribution >= 4 is 12.1 Å². The Labute approximate surface area is 138 Å². The third kappa shape index (κ3) is 6.74. The van der Waals surface area contributed by atoms with Gasteiger partial charge in [-0.1, -0.05) is 13.3 Å². The Morgan fingerprint density at radius 1 is 1.30 bits per heavy atom. The van der Waals surface area contributed by atoms with Gasteiger partial charge >= 0.3 is 12.1 Å². The number of aliphatic carboxylic acids is 1. The van der Waals surface area contributed by atoms with Crippen molar-refractivity contribution < 1.29 is 24.2 Å². The first kappa shape index (κ1) is 19.7. The zero-order valence-corrected chi connectivity index (χ0v) is 14.7. The number of hydrogen-bond donors (Lipinski definition) is 2. The van der Waals surface area contributed by atoms with E-state index in [1.54, 1.807) is 20.8 Å². The molecule has 0 aromatic carbocycles. The number of hydrogen-bond acceptors (Lipinski definition) is 5.